The van der Waals surface area contributed by atoms with Crippen LogP contribution in [0.15, 0.2) is 18.5 Å². The van der Waals surface area contributed by atoms with Crippen molar-refractivity contribution in [1.29, 1.82) is 0 Å². The van der Waals surface area contributed by atoms with Gasteiger partial charge in [-0.1, -0.05) is 0 Å². The van der Waals surface area contributed by atoms with Gasteiger partial charge in [0.1, 0.15) is 22.9 Å². The summed E-state index contributed by atoms with van der Waals surface area (Å²) in [6, 6.07) is 1.49. The lowest BCUT2D eigenvalue weighted by molar-refractivity contribution is 0.00578. The number of hydrogen-bond donors (Lipinski definition) is 0. The molecule has 2 amide bonds. The molecule has 49 heavy (non-hydrogen) atoms. The highest BCUT2D eigenvalue weighted by Crippen LogP contribution is 2.37. The van der Waals surface area contributed by atoms with E-state index in [0.717, 1.165) is 9.58 Å². The molecule has 0 aromatic carbocycles. The van der Waals surface area contributed by atoms with Gasteiger partial charge < -0.3 is 33.2 Å². The van der Waals surface area contributed by atoms with E-state index in [1.54, 1.807) is 46.4 Å². The quantitative estimate of drug-likeness (QED) is 0.284. The summed E-state index contributed by atoms with van der Waals surface area (Å²) in [5.41, 5.74) is -3.65. The Kier molecular flexibility index (Phi) is 10.4. The molecule has 0 N–H and O–H groups in total. The summed E-state index contributed by atoms with van der Waals surface area (Å²) in [5.74, 6) is 0.103. The first kappa shape index (κ1) is 37.9. The smallest absolute Gasteiger partial charge is 0.471 e. The van der Waals surface area contributed by atoms with Gasteiger partial charge in [-0.15, -0.1) is 5.10 Å². The lowest BCUT2D eigenvalue weighted by Crippen LogP contribution is -2.46. The van der Waals surface area contributed by atoms with Gasteiger partial charge in [0.15, 0.2) is 11.6 Å². The third kappa shape index (κ3) is 9.62. The van der Waals surface area contributed by atoms with E-state index in [4.69, 9.17) is 28.3 Å². The molecule has 15 nitrogen and oxygen atoms in total. The minimum absolute atomic E-state index is 0.0147. The van der Waals surface area contributed by atoms with E-state index < -0.39 is 59.5 Å². The van der Waals surface area contributed by atoms with E-state index >= 15 is 0 Å². The second-order valence-electron chi connectivity index (χ2n) is 16.2. The van der Waals surface area contributed by atoms with Gasteiger partial charge in [-0.3, -0.25) is 4.98 Å². The van der Waals surface area contributed by atoms with Crippen molar-refractivity contribution >= 4 is 42.6 Å². The minimum Gasteiger partial charge on any atom is -0.471 e. The SMILES string of the molecule is CC(C)(C)OC(=O)N1CCC[C@@H](Oc2cncc(N(C(=O)OC(C)(C)C)c3cc(B4OC(C)(C)C(C)(C)O4)n(C(=O)OC(C)(C)C)n3)n2)C1. The van der Waals surface area contributed by atoms with Crippen molar-refractivity contribution in [3.8, 4) is 5.88 Å². The fourth-order valence-electron chi connectivity index (χ4n) is 4.89. The van der Waals surface area contributed by atoms with Crippen molar-refractivity contribution in [2.45, 2.75) is 137 Å². The molecule has 0 spiro atoms. The number of piperidine rings is 1. The van der Waals surface area contributed by atoms with Gasteiger partial charge in [-0.25, -0.2) is 19.3 Å². The van der Waals surface area contributed by atoms with Crippen LogP contribution in [0.5, 0.6) is 5.88 Å². The molecule has 16 heteroatoms. The van der Waals surface area contributed by atoms with E-state index in [0.29, 0.717) is 19.4 Å². The number of anilines is 2. The van der Waals surface area contributed by atoms with Crippen LogP contribution in [0, 0.1) is 0 Å². The van der Waals surface area contributed by atoms with Crippen molar-refractivity contribution in [2.24, 2.45) is 0 Å². The Hall–Kier alpha value is -3.92. The van der Waals surface area contributed by atoms with Crippen molar-refractivity contribution in [3.63, 3.8) is 0 Å². The molecule has 270 valence electrons. The molecule has 2 aromatic rings. The molecule has 0 unspecified atom stereocenters. The number of aromatic nitrogens is 4. The summed E-state index contributed by atoms with van der Waals surface area (Å²) >= 11 is 0. The number of carbonyl (C=O) groups excluding carboxylic acids is 3. The van der Waals surface area contributed by atoms with Crippen LogP contribution >= 0.6 is 0 Å². The van der Waals surface area contributed by atoms with E-state index in [1.165, 1.54) is 18.5 Å². The predicted octanol–water partition coefficient (Wildman–Crippen LogP) is 5.61. The maximum Gasteiger partial charge on any atom is 0.515 e. The molecule has 2 aromatic heterocycles. The van der Waals surface area contributed by atoms with Crippen LogP contribution in [-0.2, 0) is 23.5 Å². The molecule has 4 heterocycles. The summed E-state index contributed by atoms with van der Waals surface area (Å²) in [5, 5.41) is 4.51. The Bertz CT molecular complexity index is 1520. The van der Waals surface area contributed by atoms with E-state index in [2.05, 4.69) is 15.1 Å². The standard InChI is InChI=1S/C33H51BN6O9/c1-29(2,3)45-26(41)38-16-14-15-21(20-38)44-25-19-35-18-24(36-25)39(27(42)46-30(4,5)6)23-17-22(34-48-32(10,11)33(12,13)49-34)40(37-23)28(43)47-31(7,8)9/h17-19,21H,14-16,20H2,1-13H3/t21-/m1/s1. The lowest BCUT2D eigenvalue weighted by Gasteiger charge is -2.34. The number of carbonyl (C=O) groups is 3. The summed E-state index contributed by atoms with van der Waals surface area (Å²) in [6.07, 6.45) is 1.68. The largest absolute Gasteiger partial charge is 0.515 e. The zero-order valence-electron chi connectivity index (χ0n) is 31.1. The van der Waals surface area contributed by atoms with Gasteiger partial charge in [-0.05, 0) is 103 Å². The normalized spacial score (nSPS) is 19.3. The highest BCUT2D eigenvalue weighted by Gasteiger charge is 2.54. The maximum absolute atomic E-state index is 13.8. The zero-order valence-corrected chi connectivity index (χ0v) is 31.1. The van der Waals surface area contributed by atoms with Crippen LogP contribution in [0.3, 0.4) is 0 Å². The fourth-order valence-corrected chi connectivity index (χ4v) is 4.89. The Morgan fingerprint density at radius 2 is 1.43 bits per heavy atom. The van der Waals surface area contributed by atoms with Gasteiger partial charge in [0, 0.05) is 12.6 Å². The molecule has 2 aliphatic rings. The van der Waals surface area contributed by atoms with Crippen molar-refractivity contribution in [3.05, 3.63) is 18.5 Å². The summed E-state index contributed by atoms with van der Waals surface area (Å²) in [6.45, 7) is 24.2. The van der Waals surface area contributed by atoms with Crippen LogP contribution in [0.1, 0.15) is 103 Å². The van der Waals surface area contributed by atoms with E-state index in [1.807, 2.05) is 48.5 Å². The van der Waals surface area contributed by atoms with E-state index in [-0.39, 0.29) is 29.7 Å². The van der Waals surface area contributed by atoms with Crippen LogP contribution in [0.2, 0.25) is 0 Å². The Morgan fingerprint density at radius 1 is 0.857 bits per heavy atom. The number of likely N-dealkylation sites (tertiary alicyclic amines) is 1. The number of amides is 2. The Balaban J connectivity index is 1.72. The zero-order chi connectivity index (χ0) is 36.7. The molecule has 0 radical (unpaired) electrons. The Labute approximate surface area is 289 Å². The van der Waals surface area contributed by atoms with E-state index in [9.17, 15) is 14.4 Å². The fraction of sp³-hybridized carbons (Fsp3) is 0.697. The van der Waals surface area contributed by atoms with Gasteiger partial charge in [0.25, 0.3) is 0 Å². The molecule has 0 bridgehead atoms. The number of ether oxygens (including phenoxy) is 4. The highest BCUT2D eigenvalue weighted by molar-refractivity contribution is 6.61. The second kappa shape index (κ2) is 13.4. The number of hydrogen-bond acceptors (Lipinski definition) is 12. The summed E-state index contributed by atoms with van der Waals surface area (Å²) < 4.78 is 36.7. The average Bonchev–Trinajstić information content (AvgIpc) is 3.44. The van der Waals surface area contributed by atoms with Crippen molar-refractivity contribution in [1.82, 2.24) is 24.6 Å². The third-order valence-corrected chi connectivity index (χ3v) is 7.74. The molecular weight excluding hydrogens is 635 g/mol. The lowest BCUT2D eigenvalue weighted by atomic mass is 9.84. The Morgan fingerprint density at radius 3 is 2.00 bits per heavy atom. The first-order valence-corrected chi connectivity index (χ1v) is 16.5. The summed E-state index contributed by atoms with van der Waals surface area (Å²) in [4.78, 5) is 51.6. The monoisotopic (exact) mass is 686 g/mol. The molecule has 0 saturated carbocycles. The van der Waals surface area contributed by atoms with Crippen LogP contribution < -0.4 is 15.2 Å². The van der Waals surface area contributed by atoms with Crippen LogP contribution in [-0.4, -0.2) is 97.2 Å². The van der Waals surface area contributed by atoms with Gasteiger partial charge in [-0.2, -0.15) is 9.67 Å². The van der Waals surface area contributed by atoms with Crippen molar-refractivity contribution in [2.75, 3.05) is 18.0 Å². The first-order chi connectivity index (χ1) is 22.3. The van der Waals surface area contributed by atoms with Crippen molar-refractivity contribution < 1.29 is 42.6 Å². The second-order valence-corrected chi connectivity index (χ2v) is 16.2. The average molecular weight is 687 g/mol. The highest BCUT2D eigenvalue weighted by atomic mass is 16.7. The molecule has 2 fully saturated rings. The summed E-state index contributed by atoms with van der Waals surface area (Å²) in [7, 11) is -1.03. The molecular formula is C33H51BN6O9. The first-order valence-electron chi connectivity index (χ1n) is 16.5. The molecule has 2 saturated heterocycles. The number of rotatable bonds is 5. The third-order valence-electron chi connectivity index (χ3n) is 7.74. The van der Waals surface area contributed by atoms with Gasteiger partial charge in [0.05, 0.1) is 35.7 Å². The van der Waals surface area contributed by atoms with Gasteiger partial charge >= 0.3 is 25.4 Å². The molecule has 0 aliphatic carbocycles. The maximum atomic E-state index is 13.8. The molecule has 1 atom stereocenters. The van der Waals surface area contributed by atoms with Gasteiger partial charge in [0.2, 0.25) is 5.88 Å². The van der Waals surface area contributed by atoms with Crippen LogP contribution in [0.25, 0.3) is 0 Å². The van der Waals surface area contributed by atoms with Crippen LogP contribution in [0.4, 0.5) is 26.0 Å². The predicted molar refractivity (Wildman–Crippen MR) is 181 cm³/mol. The molecule has 2 aliphatic heterocycles. The molecule has 4 rings (SSSR count). The minimum atomic E-state index is -1.03. The number of nitrogens with zero attached hydrogens (tertiary/aromatic N) is 6. The topological polar surface area (TPSA) is 157 Å².